The van der Waals surface area contributed by atoms with E-state index in [4.69, 9.17) is 18.6 Å². The zero-order chi connectivity index (χ0) is 21.0. The standard InChI is InChI=1S/C15H13NO.4CO.Cr/c1-16(12-13-8-4-2-5-9-13)15(17)14-10-6-3-7-11-14;4*1-2;/h2-11H,1H3;;;;;. The molecule has 2 aromatic rings. The molecule has 0 fully saturated rings. The van der Waals surface area contributed by atoms with E-state index in [-0.39, 0.29) is 5.91 Å². The monoisotopic (exact) mass is 387 g/mol. The van der Waals surface area contributed by atoms with Crippen molar-refractivity contribution in [3.63, 3.8) is 0 Å². The minimum atomic E-state index is -0.0202. The maximum atomic E-state index is 12.2. The van der Waals surface area contributed by atoms with Crippen molar-refractivity contribution in [2.75, 3.05) is 7.05 Å². The summed E-state index contributed by atoms with van der Waals surface area (Å²) in [5.41, 5.74) is 1.69. The Kier molecular flexibility index (Phi) is 22.0. The van der Waals surface area contributed by atoms with Gasteiger partial charge >= 0.3 is 160 Å². The van der Waals surface area contributed by atoms with Crippen molar-refractivity contribution in [2.45, 2.75) is 0 Å². The number of carbonyl (C=O) groups excluding carboxylic acids is 1. The normalized spacial score (nSPS) is 7.12. The van der Waals surface area contributed by atoms with E-state index in [0.29, 0.717) is 5.56 Å². The second-order valence-electron chi connectivity index (χ2n) is 3.90. The van der Waals surface area contributed by atoms with Crippen LogP contribution in [0.4, 0.5) is 0 Å². The molecular formula is C19H13CrNO5. The zero-order valence-corrected chi connectivity index (χ0v) is 14.9. The van der Waals surface area contributed by atoms with Crippen LogP contribution < -0.4 is 0 Å². The average molecular weight is 387 g/mol. The molecule has 0 aromatic heterocycles. The fraction of sp³-hybridized carbons (Fsp3) is 0.0526. The van der Waals surface area contributed by atoms with Crippen LogP contribution >= 0.6 is 0 Å². The Morgan fingerprint density at radius 3 is 1.38 bits per heavy atom. The van der Waals surface area contributed by atoms with Gasteiger partial charge in [0.25, 0.3) is 0 Å². The topological polar surface area (TPSA) is 99.9 Å². The second kappa shape index (κ2) is 20.3. The number of benzene rings is 2. The van der Waals surface area contributed by atoms with Gasteiger partial charge in [-0.2, -0.15) is 0 Å². The predicted octanol–water partition coefficient (Wildman–Crippen LogP) is 2.33. The van der Waals surface area contributed by atoms with E-state index >= 15 is 0 Å². The van der Waals surface area contributed by atoms with Crippen LogP contribution in [0.5, 0.6) is 0 Å². The number of rotatable bonds is 3. The summed E-state index contributed by atoms with van der Waals surface area (Å²) in [5, 5.41) is 0. The van der Waals surface area contributed by atoms with Gasteiger partial charge in [-0.05, 0) is 0 Å². The van der Waals surface area contributed by atoms with E-state index in [1.165, 1.54) is 0 Å². The Labute approximate surface area is 160 Å². The molecule has 0 saturated heterocycles. The van der Waals surface area contributed by atoms with Crippen molar-refractivity contribution in [1.82, 2.24) is 4.90 Å². The van der Waals surface area contributed by atoms with Crippen molar-refractivity contribution in [3.8, 4) is 0 Å². The first-order chi connectivity index (χ1) is 12.7. The third-order valence-corrected chi connectivity index (χ3v) is 3.45. The molecule has 0 aliphatic heterocycles. The van der Waals surface area contributed by atoms with Crippen molar-refractivity contribution in [3.05, 3.63) is 98.4 Å². The van der Waals surface area contributed by atoms with E-state index in [1.54, 1.807) is 11.9 Å². The Hall–Kier alpha value is -2.73. The fourth-order valence-electron chi connectivity index (χ4n) is 1.64. The molecule has 2 rings (SSSR count). The van der Waals surface area contributed by atoms with Gasteiger partial charge < -0.3 is 0 Å². The van der Waals surface area contributed by atoms with Gasteiger partial charge in [0, 0.05) is 0 Å². The number of amides is 1. The van der Waals surface area contributed by atoms with Crippen molar-refractivity contribution < 1.29 is 39.3 Å². The van der Waals surface area contributed by atoms with Crippen LogP contribution in [0.25, 0.3) is 0 Å². The molecule has 0 bridgehead atoms. The number of hydrogen-bond donors (Lipinski definition) is 0. The zero-order valence-electron chi connectivity index (χ0n) is 13.7. The molecule has 0 N–H and O–H groups in total. The van der Waals surface area contributed by atoms with Crippen LogP contribution in [-0.4, -0.2) is 22.4 Å². The third kappa shape index (κ3) is 10.2. The van der Waals surface area contributed by atoms with E-state index in [9.17, 15) is 4.79 Å². The molecule has 26 heavy (non-hydrogen) atoms. The molecule has 7 heteroatoms. The molecule has 0 spiro atoms. The molecule has 130 valence electrons. The summed E-state index contributed by atoms with van der Waals surface area (Å²) in [4.78, 5) is 13.9. The summed E-state index contributed by atoms with van der Waals surface area (Å²) in [6.07, 6.45) is 0. The summed E-state index contributed by atoms with van der Waals surface area (Å²) in [6, 6.07) is 19.1. The Morgan fingerprint density at radius 1 is 0.731 bits per heavy atom. The van der Waals surface area contributed by atoms with Crippen LogP contribution in [-0.2, 0) is 34.5 Å². The summed E-state index contributed by atoms with van der Waals surface area (Å²) < 4.78 is 30.8. The van der Waals surface area contributed by atoms with E-state index < -0.39 is 0 Å². The molecule has 0 saturated carbocycles. The SMILES string of the molecule is CN(C(=O)c1ccccc1)[C](=[Cr])c1ccccc1.[C-]#[O+].[C-]#[O+].[C-]#[O+].[C-]#[O+]. The summed E-state index contributed by atoms with van der Waals surface area (Å²) in [7, 11) is 1.77. The van der Waals surface area contributed by atoms with Crippen molar-refractivity contribution in [2.24, 2.45) is 0 Å². The minimum absolute atomic E-state index is 0.0202. The molecule has 2 aromatic carbocycles. The summed E-state index contributed by atoms with van der Waals surface area (Å²) in [5.74, 6) is -0.0202. The van der Waals surface area contributed by atoms with Gasteiger partial charge in [-0.1, -0.05) is 0 Å². The van der Waals surface area contributed by atoms with Gasteiger partial charge in [0.15, 0.2) is 0 Å². The van der Waals surface area contributed by atoms with Gasteiger partial charge in [0.2, 0.25) is 0 Å². The number of carbonyl (C=O) groups is 1. The van der Waals surface area contributed by atoms with Gasteiger partial charge in [-0.15, -0.1) is 0 Å². The van der Waals surface area contributed by atoms with Gasteiger partial charge in [0.05, 0.1) is 0 Å². The fourth-order valence-corrected chi connectivity index (χ4v) is 1.98. The second-order valence-corrected chi connectivity index (χ2v) is 4.51. The predicted molar refractivity (Wildman–Crippen MR) is 84.8 cm³/mol. The van der Waals surface area contributed by atoms with Crippen LogP contribution in [0.1, 0.15) is 15.9 Å². The summed E-state index contributed by atoms with van der Waals surface area (Å²) >= 11 is 2.97. The summed E-state index contributed by atoms with van der Waals surface area (Å²) in [6.45, 7) is 18.0. The molecule has 0 atom stereocenters. The number of nitrogens with zero attached hydrogens (tertiary/aromatic N) is 1. The van der Waals surface area contributed by atoms with Gasteiger partial charge in [-0.25, -0.2) is 0 Å². The molecule has 6 nitrogen and oxygen atoms in total. The third-order valence-electron chi connectivity index (χ3n) is 2.65. The maximum absolute atomic E-state index is 12.2. The van der Waals surface area contributed by atoms with Crippen molar-refractivity contribution in [1.29, 1.82) is 0 Å². The van der Waals surface area contributed by atoms with Crippen LogP contribution in [0.3, 0.4) is 0 Å². The Bertz CT molecular complexity index is 646. The van der Waals surface area contributed by atoms with E-state index in [2.05, 4.69) is 42.5 Å². The molecule has 0 unspecified atom stereocenters. The van der Waals surface area contributed by atoms with Crippen LogP contribution in [0.15, 0.2) is 60.7 Å². The average Bonchev–Trinajstić information content (AvgIpc) is 2.79. The van der Waals surface area contributed by atoms with Crippen LogP contribution in [0, 0.1) is 26.6 Å². The van der Waals surface area contributed by atoms with Crippen LogP contribution in [0.2, 0.25) is 0 Å². The molecule has 0 aliphatic carbocycles. The molecule has 1 amide bonds. The first kappa shape index (κ1) is 28.1. The van der Waals surface area contributed by atoms with Gasteiger partial charge in [-0.3, -0.25) is 0 Å². The molecular weight excluding hydrogens is 374 g/mol. The molecule has 0 aliphatic rings. The Morgan fingerprint density at radius 2 is 1.04 bits per heavy atom. The number of hydrogen-bond acceptors (Lipinski definition) is 1. The first-order valence-electron chi connectivity index (χ1n) is 6.44. The first-order valence-corrected chi connectivity index (χ1v) is 7.08. The van der Waals surface area contributed by atoms with Crippen molar-refractivity contribution >= 4 is 10.4 Å². The molecule has 0 radical (unpaired) electrons. The van der Waals surface area contributed by atoms with Gasteiger partial charge in [0.1, 0.15) is 0 Å². The van der Waals surface area contributed by atoms with E-state index in [1.807, 2.05) is 60.7 Å². The van der Waals surface area contributed by atoms with E-state index in [0.717, 1.165) is 10.1 Å². The Balaban J connectivity index is -0.000000585. The quantitative estimate of drug-likeness (QED) is 0.586. The molecule has 0 heterocycles.